The third-order valence-electron chi connectivity index (χ3n) is 5.52. The second kappa shape index (κ2) is 10.7. The Bertz CT molecular complexity index is 1160. The van der Waals surface area contributed by atoms with Crippen LogP contribution in [0.3, 0.4) is 0 Å². The molecule has 1 atom stereocenters. The van der Waals surface area contributed by atoms with E-state index in [0.717, 1.165) is 0 Å². The Morgan fingerprint density at radius 2 is 1.66 bits per heavy atom. The average Bonchev–Trinajstić information content (AvgIpc) is 3.00. The number of hydrogen-bond acceptors (Lipinski definition) is 5. The van der Waals surface area contributed by atoms with E-state index in [-0.39, 0.29) is 44.4 Å². The van der Waals surface area contributed by atoms with Crippen molar-refractivity contribution in [1.82, 2.24) is 15.4 Å². The lowest BCUT2D eigenvalue weighted by atomic mass is 9.99. The van der Waals surface area contributed by atoms with E-state index in [9.17, 15) is 19.6 Å². The maximum absolute atomic E-state index is 13.5. The highest BCUT2D eigenvalue weighted by molar-refractivity contribution is 6.42. The summed E-state index contributed by atoms with van der Waals surface area (Å²) in [6.45, 7) is 3.25. The summed E-state index contributed by atoms with van der Waals surface area (Å²) in [7, 11) is 0. The number of nitrogens with two attached hydrogens (primary N) is 1. The Morgan fingerprint density at radius 1 is 1.06 bits per heavy atom. The highest BCUT2D eigenvalue weighted by atomic mass is 35.5. The maximum Gasteiger partial charge on any atom is 0.347 e. The fourth-order valence-electron chi connectivity index (χ4n) is 3.77. The van der Waals surface area contributed by atoms with Crippen LogP contribution in [-0.4, -0.2) is 51.4 Å². The van der Waals surface area contributed by atoms with Crippen LogP contribution in [0.2, 0.25) is 20.1 Å². The molecule has 188 valence electrons. The summed E-state index contributed by atoms with van der Waals surface area (Å²) < 4.78 is 0. The molecule has 1 aliphatic heterocycles. The monoisotopic (exact) mass is 562 g/mol. The van der Waals surface area contributed by atoms with Crippen molar-refractivity contribution in [1.29, 1.82) is 0 Å². The molecule has 0 aromatic heterocycles. The normalized spacial score (nSPS) is 16.9. The van der Waals surface area contributed by atoms with E-state index in [1.165, 1.54) is 46.2 Å². The molecule has 10 nitrogen and oxygen atoms in total. The van der Waals surface area contributed by atoms with Gasteiger partial charge in [0.15, 0.2) is 6.17 Å². The number of urea groups is 2. The van der Waals surface area contributed by atoms with Crippen LogP contribution in [0.25, 0.3) is 0 Å². The first kappa shape index (κ1) is 27.1. The molecule has 1 fully saturated rings. The highest BCUT2D eigenvalue weighted by Crippen LogP contribution is 2.39. The number of hydrogen-bond donors (Lipinski definition) is 4. The lowest BCUT2D eigenvalue weighted by Crippen LogP contribution is -2.58. The Labute approximate surface area is 221 Å². The number of halogens is 4. The Kier molecular flexibility index (Phi) is 8.25. The van der Waals surface area contributed by atoms with Gasteiger partial charge in [0.1, 0.15) is 0 Å². The quantitative estimate of drug-likeness (QED) is 0.171. The molecular weight excluding hydrogens is 542 g/mol. The van der Waals surface area contributed by atoms with Crippen molar-refractivity contribution in [3.63, 3.8) is 0 Å². The zero-order valence-corrected chi connectivity index (χ0v) is 21.6. The van der Waals surface area contributed by atoms with Gasteiger partial charge < -0.3 is 10.2 Å². The fraction of sp³-hybridized carbons (Fsp3) is 0.286. The van der Waals surface area contributed by atoms with Gasteiger partial charge in [-0.15, -0.1) is 0 Å². The van der Waals surface area contributed by atoms with Gasteiger partial charge in [0, 0.05) is 24.3 Å². The largest absolute Gasteiger partial charge is 0.347 e. The Balaban J connectivity index is 1.99. The van der Waals surface area contributed by atoms with Crippen LogP contribution >= 0.6 is 46.4 Å². The standard InChI is InChI=1S/C21H22Cl4N6O4/c1-21(2)18(31(35)19(33)27-11-3-5-13(22)15(24)9-11)30(12-4-6-14(23)16(25)10-12)20(34)29(21)8-7-17(32)28-26/h3-6,9-10,18,35H,7-8,26H2,1-2H3,(H,27,33)(H,28,32). The molecule has 0 aliphatic carbocycles. The summed E-state index contributed by atoms with van der Waals surface area (Å²) in [5.41, 5.74) is 1.37. The summed E-state index contributed by atoms with van der Waals surface area (Å²) in [6, 6.07) is 7.32. The van der Waals surface area contributed by atoms with Crippen molar-refractivity contribution in [2.75, 3.05) is 16.8 Å². The number of amides is 5. The van der Waals surface area contributed by atoms with Crippen LogP contribution in [-0.2, 0) is 4.79 Å². The minimum atomic E-state index is -1.24. The highest BCUT2D eigenvalue weighted by Gasteiger charge is 2.56. The van der Waals surface area contributed by atoms with Gasteiger partial charge in [0.2, 0.25) is 5.91 Å². The summed E-state index contributed by atoms with van der Waals surface area (Å²) in [5.74, 6) is 4.67. The van der Waals surface area contributed by atoms with Gasteiger partial charge in [-0.1, -0.05) is 46.4 Å². The number of rotatable bonds is 6. The van der Waals surface area contributed by atoms with Crippen molar-refractivity contribution in [2.45, 2.75) is 32.0 Å². The van der Waals surface area contributed by atoms with Gasteiger partial charge in [-0.3, -0.25) is 20.3 Å². The van der Waals surface area contributed by atoms with Crippen LogP contribution in [0.4, 0.5) is 21.0 Å². The molecule has 3 rings (SSSR count). The Hall–Kier alpha value is -2.47. The number of carbonyl (C=O) groups excluding carboxylic acids is 3. The lowest BCUT2D eigenvalue weighted by molar-refractivity contribution is -0.121. The van der Waals surface area contributed by atoms with E-state index in [2.05, 4.69) is 5.32 Å². The summed E-state index contributed by atoms with van der Waals surface area (Å²) in [5, 5.41) is 14.9. The van der Waals surface area contributed by atoms with E-state index in [1.807, 2.05) is 5.43 Å². The molecule has 1 unspecified atom stereocenters. The molecule has 2 aromatic rings. The van der Waals surface area contributed by atoms with Gasteiger partial charge in [-0.2, -0.15) is 5.06 Å². The first-order valence-electron chi connectivity index (χ1n) is 10.2. The van der Waals surface area contributed by atoms with E-state index in [4.69, 9.17) is 52.2 Å². The number of anilines is 2. The number of nitrogens with zero attached hydrogens (tertiary/aromatic N) is 3. The zero-order valence-electron chi connectivity index (χ0n) is 18.6. The molecule has 35 heavy (non-hydrogen) atoms. The zero-order chi connectivity index (χ0) is 26.1. The van der Waals surface area contributed by atoms with Gasteiger partial charge in [-0.05, 0) is 50.2 Å². The van der Waals surface area contributed by atoms with Crippen molar-refractivity contribution in [3.05, 3.63) is 56.5 Å². The number of carbonyl (C=O) groups is 3. The molecule has 0 saturated carbocycles. The molecular formula is C21H22Cl4N6O4. The van der Waals surface area contributed by atoms with E-state index < -0.39 is 29.7 Å². The second-order valence-corrected chi connectivity index (χ2v) is 9.78. The molecule has 14 heteroatoms. The third-order valence-corrected chi connectivity index (χ3v) is 7.00. The molecule has 0 radical (unpaired) electrons. The van der Waals surface area contributed by atoms with Crippen LogP contribution < -0.4 is 21.5 Å². The maximum atomic E-state index is 13.5. The van der Waals surface area contributed by atoms with Crippen molar-refractivity contribution < 1.29 is 19.6 Å². The van der Waals surface area contributed by atoms with E-state index >= 15 is 0 Å². The average molecular weight is 564 g/mol. The van der Waals surface area contributed by atoms with Gasteiger partial charge >= 0.3 is 12.1 Å². The molecule has 1 heterocycles. The minimum Gasteiger partial charge on any atom is -0.315 e. The second-order valence-electron chi connectivity index (χ2n) is 8.15. The summed E-state index contributed by atoms with van der Waals surface area (Å²) >= 11 is 24.1. The smallest absolute Gasteiger partial charge is 0.315 e. The van der Waals surface area contributed by atoms with Gasteiger partial charge in [0.25, 0.3) is 0 Å². The van der Waals surface area contributed by atoms with Crippen LogP contribution in [0, 0.1) is 0 Å². The number of hydroxylamine groups is 2. The van der Waals surface area contributed by atoms with Gasteiger partial charge in [0.05, 0.1) is 25.6 Å². The van der Waals surface area contributed by atoms with Gasteiger partial charge in [-0.25, -0.2) is 15.4 Å². The van der Waals surface area contributed by atoms with Crippen LogP contribution in [0.1, 0.15) is 20.3 Å². The lowest BCUT2D eigenvalue weighted by Gasteiger charge is -2.38. The molecule has 0 spiro atoms. The molecule has 1 aliphatic rings. The number of hydrazine groups is 1. The Morgan fingerprint density at radius 3 is 2.23 bits per heavy atom. The molecule has 5 N–H and O–H groups in total. The summed E-state index contributed by atoms with van der Waals surface area (Å²) in [4.78, 5) is 40.8. The molecule has 0 bridgehead atoms. The van der Waals surface area contributed by atoms with Crippen molar-refractivity contribution >= 4 is 75.7 Å². The van der Waals surface area contributed by atoms with Crippen molar-refractivity contribution in [3.8, 4) is 0 Å². The minimum absolute atomic E-state index is 0.0363. The van der Waals surface area contributed by atoms with E-state index in [0.29, 0.717) is 5.06 Å². The predicted molar refractivity (Wildman–Crippen MR) is 135 cm³/mol. The first-order chi connectivity index (χ1) is 16.4. The van der Waals surface area contributed by atoms with Crippen LogP contribution in [0.15, 0.2) is 36.4 Å². The number of benzene rings is 2. The molecule has 1 saturated heterocycles. The van der Waals surface area contributed by atoms with Crippen molar-refractivity contribution in [2.24, 2.45) is 5.84 Å². The SMILES string of the molecule is CC1(C)C(N(O)C(=O)Nc2ccc(Cl)c(Cl)c2)N(c2ccc(Cl)c(Cl)c2)C(=O)N1CCC(=O)NN. The topological polar surface area (TPSA) is 131 Å². The van der Waals surface area contributed by atoms with Crippen LogP contribution in [0.5, 0.6) is 0 Å². The fourth-order valence-corrected chi connectivity index (χ4v) is 4.36. The predicted octanol–water partition coefficient (Wildman–Crippen LogP) is 4.95. The third kappa shape index (κ3) is 5.53. The molecule has 2 aromatic carbocycles. The molecule has 5 amide bonds. The number of nitrogens with one attached hydrogen (secondary N) is 2. The first-order valence-corrected chi connectivity index (χ1v) is 11.7. The van der Waals surface area contributed by atoms with E-state index in [1.54, 1.807) is 13.8 Å². The summed E-state index contributed by atoms with van der Waals surface area (Å²) in [6.07, 6.45) is -1.34.